The first kappa shape index (κ1) is 20.0. The van der Waals surface area contributed by atoms with Crippen LogP contribution in [0.4, 0.5) is 0 Å². The van der Waals surface area contributed by atoms with Crippen molar-refractivity contribution in [3.05, 3.63) is 0 Å². The van der Waals surface area contributed by atoms with E-state index in [1.165, 1.54) is 0 Å². The van der Waals surface area contributed by atoms with E-state index in [0.717, 1.165) is 0 Å². The van der Waals surface area contributed by atoms with Gasteiger partial charge in [0.1, 0.15) is 0 Å². The van der Waals surface area contributed by atoms with Gasteiger partial charge in [0, 0.05) is 0 Å². The zero-order valence-corrected chi connectivity index (χ0v) is 17.0. The van der Waals surface area contributed by atoms with Gasteiger partial charge in [-0.15, -0.1) is 0 Å². The van der Waals surface area contributed by atoms with Crippen LogP contribution >= 0.6 is 0 Å². The van der Waals surface area contributed by atoms with E-state index >= 15 is 0 Å². The summed E-state index contributed by atoms with van der Waals surface area (Å²) in [6.45, 7) is 10.8. The number of amides is 3. The Hall–Kier alpha value is -1.05. The van der Waals surface area contributed by atoms with Crippen molar-refractivity contribution in [2.75, 3.05) is 0 Å². The van der Waals surface area contributed by atoms with Gasteiger partial charge >= 0.3 is 131 Å². The number of hydrogen-bond acceptors (Lipinski definition) is 4. The predicted octanol–water partition coefficient (Wildman–Crippen LogP) is 1.45. The quantitative estimate of drug-likeness (QED) is 0.550. The van der Waals surface area contributed by atoms with Crippen molar-refractivity contribution in [3.63, 3.8) is 0 Å². The molecular formula is C13H27N4O3Ta. The van der Waals surface area contributed by atoms with Crippen LogP contribution in [0, 0.1) is 0 Å². The minimum absolute atomic E-state index is 0.228. The molecule has 3 N–H and O–H groups in total. The van der Waals surface area contributed by atoms with Gasteiger partial charge < -0.3 is 0 Å². The maximum atomic E-state index is 11.8. The first-order valence-electron chi connectivity index (χ1n) is 7.14. The topological polar surface area (TPSA) is 99.7 Å². The summed E-state index contributed by atoms with van der Waals surface area (Å²) in [5, 5.41) is 0. The summed E-state index contributed by atoms with van der Waals surface area (Å²) in [6.07, 6.45) is 0.803. The maximum absolute atomic E-state index is 11.8. The second-order valence-electron chi connectivity index (χ2n) is 5.57. The van der Waals surface area contributed by atoms with Gasteiger partial charge in [0.2, 0.25) is 0 Å². The molecule has 0 rings (SSSR count). The summed E-state index contributed by atoms with van der Waals surface area (Å²) in [7, 11) is 0. The van der Waals surface area contributed by atoms with Crippen LogP contribution in [-0.4, -0.2) is 23.3 Å². The molecule has 0 spiro atoms. The van der Waals surface area contributed by atoms with E-state index in [0.29, 0.717) is 0 Å². The van der Waals surface area contributed by atoms with E-state index in [9.17, 15) is 14.4 Å². The van der Waals surface area contributed by atoms with Gasteiger partial charge in [0.15, 0.2) is 0 Å². The van der Waals surface area contributed by atoms with Crippen LogP contribution in [0.15, 0.2) is 3.34 Å². The van der Waals surface area contributed by atoms with Gasteiger partial charge in [0.25, 0.3) is 0 Å². The van der Waals surface area contributed by atoms with Gasteiger partial charge in [-0.25, -0.2) is 0 Å². The van der Waals surface area contributed by atoms with Crippen molar-refractivity contribution in [3.8, 4) is 0 Å². The van der Waals surface area contributed by atoms with E-state index in [4.69, 9.17) is 0 Å². The van der Waals surface area contributed by atoms with Gasteiger partial charge in [-0.05, 0) is 0 Å². The van der Waals surface area contributed by atoms with Crippen LogP contribution in [0.25, 0.3) is 0 Å². The molecule has 122 valence electrons. The molecule has 0 atom stereocenters. The molecular weight excluding hydrogens is 441 g/mol. The van der Waals surface area contributed by atoms with E-state index in [1.807, 2.05) is 20.8 Å². The van der Waals surface area contributed by atoms with Crippen LogP contribution < -0.4 is 11.2 Å². The number of carbonyl (C=O) groups is 3. The van der Waals surface area contributed by atoms with Crippen molar-refractivity contribution in [1.82, 2.24) is 11.2 Å². The Labute approximate surface area is 131 Å². The summed E-state index contributed by atoms with van der Waals surface area (Å²) >= 11 is -4.31. The predicted molar refractivity (Wildman–Crippen MR) is 77.5 cm³/mol. The van der Waals surface area contributed by atoms with Crippen molar-refractivity contribution in [2.45, 2.75) is 66.3 Å². The molecule has 0 aliphatic carbocycles. The fourth-order valence-corrected chi connectivity index (χ4v) is 11.4. The Morgan fingerprint density at radius 1 is 0.810 bits per heavy atom. The van der Waals surface area contributed by atoms with Crippen LogP contribution in [-0.2, 0) is 32.1 Å². The van der Waals surface area contributed by atoms with Gasteiger partial charge in [0.05, 0.1) is 0 Å². The first-order valence-corrected chi connectivity index (χ1v) is 13.4. The molecule has 0 aliphatic heterocycles. The third-order valence-electron chi connectivity index (χ3n) is 2.27. The Balaban J connectivity index is 5.81. The fraction of sp³-hybridized carbons (Fsp3) is 0.769. The van der Waals surface area contributed by atoms with Crippen molar-refractivity contribution in [1.29, 1.82) is 0 Å². The summed E-state index contributed by atoms with van der Waals surface area (Å²) in [5.41, 5.74) is -0.485. The molecule has 0 aromatic heterocycles. The van der Waals surface area contributed by atoms with Crippen molar-refractivity contribution in [2.24, 2.45) is 3.34 Å². The Bertz CT molecular complexity index is 403. The first-order chi connectivity index (χ1) is 9.57. The minimum atomic E-state index is -4.31. The van der Waals surface area contributed by atoms with Gasteiger partial charge in [-0.3, -0.25) is 0 Å². The summed E-state index contributed by atoms with van der Waals surface area (Å²) in [4.78, 5) is 35.5. The molecule has 0 aromatic carbocycles. The van der Waals surface area contributed by atoms with Crippen molar-refractivity contribution < 1.29 is 32.1 Å². The molecule has 0 aromatic rings. The normalized spacial score (nSPS) is 11.5. The zero-order chi connectivity index (χ0) is 16.7. The SMILES string of the molecule is CCC(=O)[NH][Ta](=[N]C(C)(C)C)([NH]C(=O)CC)[NH]C(=O)CC. The third-order valence-corrected chi connectivity index (χ3v) is 11.7. The van der Waals surface area contributed by atoms with Crippen LogP contribution in [0.1, 0.15) is 60.8 Å². The summed E-state index contributed by atoms with van der Waals surface area (Å²) in [5.74, 6) is -0.683. The van der Waals surface area contributed by atoms with E-state index < -0.39 is 23.3 Å². The molecule has 3 amide bonds. The molecule has 7 nitrogen and oxygen atoms in total. The van der Waals surface area contributed by atoms with Crippen LogP contribution in [0.2, 0.25) is 0 Å². The van der Waals surface area contributed by atoms with Gasteiger partial charge in [-0.2, -0.15) is 0 Å². The molecule has 0 radical (unpaired) electrons. The van der Waals surface area contributed by atoms with Crippen LogP contribution in [0.5, 0.6) is 0 Å². The summed E-state index contributed by atoms with van der Waals surface area (Å²) in [6, 6.07) is 0. The summed E-state index contributed by atoms with van der Waals surface area (Å²) < 4.78 is 13.1. The third kappa shape index (κ3) is 8.09. The molecule has 0 fully saturated rings. The molecule has 0 unspecified atom stereocenters. The molecule has 0 heterocycles. The standard InChI is InChI=1S/C4H9N.3C3H7NO.Ta/c1-4(2,3)5;3*1-2-3(4)5;/h1-3H3;3*2H2,1H3,(H2,4,5);/q;;;;+3/p-3. The molecule has 0 saturated heterocycles. The number of nitrogens with zero attached hydrogens (tertiary/aromatic N) is 1. The molecule has 8 heteroatoms. The van der Waals surface area contributed by atoms with Crippen LogP contribution in [0.3, 0.4) is 0 Å². The van der Waals surface area contributed by atoms with Gasteiger partial charge in [-0.1, -0.05) is 0 Å². The Morgan fingerprint density at radius 2 is 1.10 bits per heavy atom. The van der Waals surface area contributed by atoms with E-state index in [1.54, 1.807) is 20.8 Å². The number of nitrogens with one attached hydrogen (secondary N) is 3. The van der Waals surface area contributed by atoms with Crippen molar-refractivity contribution >= 4 is 17.7 Å². The van der Waals surface area contributed by atoms with E-state index in [-0.39, 0.29) is 37.0 Å². The zero-order valence-electron chi connectivity index (χ0n) is 13.7. The molecule has 0 aliphatic rings. The number of carbonyl (C=O) groups excluding carboxylic acids is 3. The Morgan fingerprint density at radius 3 is 1.29 bits per heavy atom. The fourth-order valence-electron chi connectivity index (χ4n) is 1.39. The number of hydrogen-bond donors (Lipinski definition) is 3. The molecule has 21 heavy (non-hydrogen) atoms. The second kappa shape index (κ2) is 8.41. The Kier molecular flexibility index (Phi) is 7.99. The second-order valence-corrected chi connectivity index (χ2v) is 13.3. The average Bonchev–Trinajstić information content (AvgIpc) is 2.35. The molecule has 0 bridgehead atoms. The average molecular weight is 468 g/mol. The monoisotopic (exact) mass is 468 g/mol. The molecule has 0 saturated carbocycles. The van der Waals surface area contributed by atoms with E-state index in [2.05, 4.69) is 14.5 Å². The number of rotatable bonds is 6.